The van der Waals surface area contributed by atoms with Gasteiger partial charge in [0.1, 0.15) is 34.6 Å². The van der Waals surface area contributed by atoms with Crippen molar-refractivity contribution in [1.82, 2.24) is 51.8 Å². The summed E-state index contributed by atoms with van der Waals surface area (Å²) in [5.41, 5.74) is 2.60. The number of methoxy groups -OCH3 is 1. The van der Waals surface area contributed by atoms with Crippen molar-refractivity contribution >= 4 is 74.5 Å². The van der Waals surface area contributed by atoms with Gasteiger partial charge in [-0.15, -0.1) is 11.3 Å². The Hall–Kier alpha value is -7.02. The molecule has 0 saturated carbocycles. The average Bonchev–Trinajstić information content (AvgIpc) is 4.00. The van der Waals surface area contributed by atoms with Crippen molar-refractivity contribution in [3.63, 3.8) is 0 Å². The minimum Gasteiger partial charge on any atom is -0.497 e. The molecule has 2 bridgehead atoms. The minimum atomic E-state index is -1.27. The van der Waals surface area contributed by atoms with Crippen LogP contribution in [0.1, 0.15) is 52.9 Å². The Morgan fingerprint density at radius 2 is 1.50 bits per heavy atom. The zero-order valence-electron chi connectivity index (χ0n) is 33.4. The van der Waals surface area contributed by atoms with E-state index in [4.69, 9.17) is 4.74 Å². The topological polar surface area (TPSA) is 249 Å². The summed E-state index contributed by atoms with van der Waals surface area (Å²) in [6.45, 7) is 5.96. The van der Waals surface area contributed by atoms with Gasteiger partial charge in [-0.2, -0.15) is 0 Å². The predicted molar refractivity (Wildman–Crippen MR) is 223 cm³/mol. The maximum atomic E-state index is 14.4. The number of H-pyrrole nitrogens is 2. The smallest absolute Gasteiger partial charge is 0.271 e. The van der Waals surface area contributed by atoms with Crippen LogP contribution in [0.25, 0.3) is 21.8 Å². The lowest BCUT2D eigenvalue weighted by atomic mass is 10.0. The van der Waals surface area contributed by atoms with Gasteiger partial charge in [0.15, 0.2) is 0 Å². The highest BCUT2D eigenvalue weighted by Crippen LogP contribution is 2.25. The van der Waals surface area contributed by atoms with Crippen LogP contribution in [-0.2, 0) is 41.6 Å². The molecule has 3 aromatic heterocycles. The lowest BCUT2D eigenvalue weighted by Gasteiger charge is -2.24. The average molecular weight is 839 g/mol. The van der Waals surface area contributed by atoms with Crippen molar-refractivity contribution in [3.05, 3.63) is 94.3 Å². The number of carbonyl (C=O) groups is 7. The molecular weight excluding hydrogens is 793 g/mol. The molecule has 0 aliphatic carbocycles. The van der Waals surface area contributed by atoms with Gasteiger partial charge in [0.25, 0.3) is 11.8 Å². The molecule has 0 saturated heterocycles. The third kappa shape index (κ3) is 9.98. The summed E-state index contributed by atoms with van der Waals surface area (Å²) >= 11 is 1.11. The van der Waals surface area contributed by atoms with Crippen LogP contribution < -0.4 is 36.6 Å². The number of para-hydroxylation sites is 1. The number of aromatic nitrogens is 3. The van der Waals surface area contributed by atoms with E-state index in [-0.39, 0.29) is 30.7 Å². The van der Waals surface area contributed by atoms with Gasteiger partial charge in [-0.1, -0.05) is 31.7 Å². The van der Waals surface area contributed by atoms with Gasteiger partial charge in [-0.25, -0.2) is 4.98 Å². The SMILES string of the molecule is C=C1NC(=O)[C@H](CC)NC(=O)CNC(=O)[C@H](Cc2c[nH]c3ccc(OC)cc23)NC(=O)[C@H](Cc2c[nH]c3ccccc23)NC(=O)c2csc(n2)[C@H](C)NC(=O)CN(C)C1=O. The Morgan fingerprint density at radius 3 is 2.22 bits per heavy atom. The second-order valence-electron chi connectivity index (χ2n) is 14.3. The van der Waals surface area contributed by atoms with Crippen LogP contribution in [0.3, 0.4) is 0 Å². The van der Waals surface area contributed by atoms with Crippen LogP contribution in [0.2, 0.25) is 0 Å². The number of nitrogens with one attached hydrogen (secondary N) is 8. The number of fused-ring (bicyclic) bond motifs is 4. The Bertz CT molecular complexity index is 2470. The minimum absolute atomic E-state index is 0.0138. The van der Waals surface area contributed by atoms with Crippen molar-refractivity contribution in [2.45, 2.75) is 57.3 Å². The fourth-order valence-corrected chi connectivity index (χ4v) is 7.56. The van der Waals surface area contributed by atoms with Gasteiger partial charge in [-0.05, 0) is 48.7 Å². The molecule has 2 aromatic carbocycles. The molecule has 7 amide bonds. The maximum Gasteiger partial charge on any atom is 0.271 e. The predicted octanol–water partition coefficient (Wildman–Crippen LogP) is 1.47. The fourth-order valence-electron chi connectivity index (χ4n) is 6.75. The highest BCUT2D eigenvalue weighted by atomic mass is 32.1. The zero-order valence-corrected chi connectivity index (χ0v) is 34.2. The van der Waals surface area contributed by atoms with Crippen molar-refractivity contribution in [1.29, 1.82) is 0 Å². The number of nitrogens with zero attached hydrogens (tertiary/aromatic N) is 2. The molecule has 0 spiro atoms. The molecule has 1 aliphatic rings. The van der Waals surface area contributed by atoms with E-state index in [9.17, 15) is 33.6 Å². The molecule has 1 aliphatic heterocycles. The van der Waals surface area contributed by atoms with E-state index in [2.05, 4.69) is 53.4 Å². The summed E-state index contributed by atoms with van der Waals surface area (Å²) in [6.07, 6.45) is 3.55. The van der Waals surface area contributed by atoms with Gasteiger partial charge in [0, 0.05) is 59.5 Å². The van der Waals surface area contributed by atoms with Crippen LogP contribution >= 0.6 is 11.3 Å². The molecule has 314 valence electrons. The lowest BCUT2D eigenvalue weighted by molar-refractivity contribution is -0.134. The number of hydrogen-bond donors (Lipinski definition) is 8. The first-order valence-corrected chi connectivity index (χ1v) is 20.0. The molecule has 4 atom stereocenters. The summed E-state index contributed by atoms with van der Waals surface area (Å²) in [5, 5.41) is 19.3. The Labute approximate surface area is 348 Å². The summed E-state index contributed by atoms with van der Waals surface area (Å²) in [4.78, 5) is 106. The summed E-state index contributed by atoms with van der Waals surface area (Å²) in [5.74, 6) is -4.28. The number of likely N-dealkylation sites (N-methyl/N-ethyl adjacent to an activating group) is 1. The molecule has 0 fully saturated rings. The van der Waals surface area contributed by atoms with Gasteiger partial charge in [0.05, 0.1) is 31.9 Å². The second kappa shape index (κ2) is 18.7. The molecule has 19 heteroatoms. The summed E-state index contributed by atoms with van der Waals surface area (Å²) in [6, 6.07) is 8.57. The Morgan fingerprint density at radius 1 is 0.817 bits per heavy atom. The molecule has 4 heterocycles. The van der Waals surface area contributed by atoms with Gasteiger partial charge in [-0.3, -0.25) is 33.6 Å². The quantitative estimate of drug-likeness (QED) is 0.115. The van der Waals surface area contributed by atoms with Crippen LogP contribution in [-0.4, -0.2) is 107 Å². The highest BCUT2D eigenvalue weighted by molar-refractivity contribution is 7.09. The van der Waals surface area contributed by atoms with Crippen molar-refractivity contribution in [2.24, 2.45) is 0 Å². The zero-order chi connectivity index (χ0) is 43.1. The molecule has 0 radical (unpaired) electrons. The summed E-state index contributed by atoms with van der Waals surface area (Å²) < 4.78 is 5.42. The second-order valence-corrected chi connectivity index (χ2v) is 15.2. The Balaban J connectivity index is 1.34. The number of carbonyl (C=O) groups excluding carboxylic acids is 7. The lowest BCUT2D eigenvalue weighted by Crippen LogP contribution is -2.56. The summed E-state index contributed by atoms with van der Waals surface area (Å²) in [7, 11) is 2.88. The number of ether oxygens (including phenoxy) is 1. The van der Waals surface area contributed by atoms with Gasteiger partial charge >= 0.3 is 0 Å². The first kappa shape index (κ1) is 42.6. The molecule has 8 N–H and O–H groups in total. The van der Waals surface area contributed by atoms with Crippen LogP contribution in [0.15, 0.2) is 72.5 Å². The fraction of sp³-hybridized carbons (Fsp3) is 0.317. The number of amides is 7. The van der Waals surface area contributed by atoms with Crippen LogP contribution in [0.4, 0.5) is 0 Å². The van der Waals surface area contributed by atoms with E-state index < -0.39 is 78.6 Å². The molecule has 60 heavy (non-hydrogen) atoms. The number of rotatable bonds is 6. The molecule has 0 unspecified atom stereocenters. The standard InChI is InChI=1S/C41H46N10O8S/c1-6-28-37(55)46-22(3)41(58)51(4)19-35(53)45-21(2)40-50-33(20-60-40)39(57)49-32(13-23-16-42-29-10-8-7-9-26(23)29)38(56)48-31(36(54)44-18-34(52)47-28)14-24-17-43-30-12-11-25(59-5)15-27(24)30/h7-12,15-17,20-21,28,31-32,42-43H,3,6,13-14,18-19H2,1-2,4-5H3,(H,44,54)(H,45,53)(H,46,55)(H,47,52)(H,48,56)(H,49,57)/t21-,28-,31-,32-/m0/s1. The van der Waals surface area contributed by atoms with Gasteiger partial charge in [0.2, 0.25) is 29.5 Å². The first-order chi connectivity index (χ1) is 28.7. The third-order valence-corrected chi connectivity index (χ3v) is 11.0. The van der Waals surface area contributed by atoms with Crippen molar-refractivity contribution in [2.75, 3.05) is 27.2 Å². The molecule has 6 rings (SSSR count). The van der Waals surface area contributed by atoms with Crippen molar-refractivity contribution in [3.8, 4) is 5.75 Å². The van der Waals surface area contributed by atoms with Gasteiger partial charge < -0.3 is 51.5 Å². The monoisotopic (exact) mass is 838 g/mol. The van der Waals surface area contributed by atoms with Crippen LogP contribution in [0.5, 0.6) is 5.75 Å². The number of thiazole rings is 1. The normalized spacial score (nSPS) is 20.8. The van der Waals surface area contributed by atoms with E-state index in [0.717, 1.165) is 43.6 Å². The molecular formula is C41H46N10O8S. The van der Waals surface area contributed by atoms with Crippen LogP contribution in [0, 0.1) is 0 Å². The van der Waals surface area contributed by atoms with E-state index in [0.29, 0.717) is 16.3 Å². The molecule has 5 aromatic rings. The maximum absolute atomic E-state index is 14.4. The van der Waals surface area contributed by atoms with E-state index in [1.165, 1.54) is 19.5 Å². The van der Waals surface area contributed by atoms with E-state index >= 15 is 0 Å². The highest BCUT2D eigenvalue weighted by Gasteiger charge is 2.31. The molecule has 18 nitrogen and oxygen atoms in total. The van der Waals surface area contributed by atoms with E-state index in [1.54, 1.807) is 38.4 Å². The number of hydrogen-bond acceptors (Lipinski definition) is 10. The largest absolute Gasteiger partial charge is 0.497 e. The number of benzene rings is 2. The first-order valence-electron chi connectivity index (χ1n) is 19.1. The Kier molecular flexibility index (Phi) is 13.3. The number of aromatic amines is 2. The van der Waals surface area contributed by atoms with E-state index in [1.807, 2.05) is 30.3 Å². The third-order valence-electron chi connectivity index (χ3n) is 10.00. The van der Waals surface area contributed by atoms with Crippen molar-refractivity contribution < 1.29 is 38.3 Å².